The number of amides is 2. The first kappa shape index (κ1) is 16.3. The highest BCUT2D eigenvalue weighted by molar-refractivity contribution is 6.26. The maximum Gasteiger partial charge on any atom is 0.263 e. The average Bonchev–Trinajstić information content (AvgIpc) is 3.14. The van der Waals surface area contributed by atoms with Crippen molar-refractivity contribution in [3.63, 3.8) is 0 Å². The number of fused-ring (bicyclic) bond motifs is 1. The fourth-order valence-electron chi connectivity index (χ4n) is 3.07. The summed E-state index contributed by atoms with van der Waals surface area (Å²) in [7, 11) is 0. The van der Waals surface area contributed by atoms with Crippen molar-refractivity contribution >= 4 is 23.2 Å². The SMILES string of the molecule is Cc1ccc(N2C(=O)[C@H]3N=NN(c4ccc(C)c(F)c4)[C@H]3C2=O)cc1F. The third-order valence-electron chi connectivity index (χ3n) is 4.62. The standard InChI is InChI=1S/C18H14F2N4O2/c1-9-3-5-11(7-13(9)19)23-17(25)15-16(18(23)26)24(22-21-15)12-6-4-10(2)14(20)8-12/h3-8,15-16H,1-2H3/t15-,16+/m0/s1. The number of aryl methyl sites for hydroxylation is 2. The second-order valence-electron chi connectivity index (χ2n) is 6.32. The molecule has 8 heteroatoms. The Labute approximate surface area is 147 Å². The number of hydrogen-bond donors (Lipinski definition) is 0. The zero-order valence-electron chi connectivity index (χ0n) is 14.0. The Bertz CT molecular complexity index is 976. The van der Waals surface area contributed by atoms with Gasteiger partial charge >= 0.3 is 0 Å². The highest BCUT2D eigenvalue weighted by atomic mass is 19.1. The van der Waals surface area contributed by atoms with Crippen LogP contribution in [0.1, 0.15) is 11.1 Å². The third-order valence-corrected chi connectivity index (χ3v) is 4.62. The number of carbonyl (C=O) groups excluding carboxylic acids is 2. The number of hydrogen-bond acceptors (Lipinski definition) is 5. The number of carbonyl (C=O) groups is 2. The molecule has 0 radical (unpaired) electrons. The van der Waals surface area contributed by atoms with Crippen LogP contribution < -0.4 is 9.91 Å². The van der Waals surface area contributed by atoms with E-state index in [2.05, 4.69) is 10.3 Å². The molecule has 132 valence electrons. The van der Waals surface area contributed by atoms with Crippen LogP contribution in [-0.2, 0) is 9.59 Å². The molecule has 1 fully saturated rings. The summed E-state index contributed by atoms with van der Waals surface area (Å²) >= 11 is 0. The highest BCUT2D eigenvalue weighted by Crippen LogP contribution is 2.35. The van der Waals surface area contributed by atoms with Gasteiger partial charge in [0.05, 0.1) is 11.4 Å². The van der Waals surface area contributed by atoms with Crippen molar-refractivity contribution in [2.45, 2.75) is 25.9 Å². The topological polar surface area (TPSA) is 65.3 Å². The molecule has 0 bridgehead atoms. The summed E-state index contributed by atoms with van der Waals surface area (Å²) < 4.78 is 27.7. The van der Waals surface area contributed by atoms with Crippen LogP contribution in [0.15, 0.2) is 46.7 Å². The van der Waals surface area contributed by atoms with E-state index in [0.717, 1.165) is 11.0 Å². The molecule has 2 heterocycles. The molecule has 6 nitrogen and oxygen atoms in total. The van der Waals surface area contributed by atoms with Gasteiger partial charge < -0.3 is 0 Å². The van der Waals surface area contributed by atoms with Crippen molar-refractivity contribution in [3.05, 3.63) is 59.2 Å². The maximum atomic E-state index is 13.9. The lowest BCUT2D eigenvalue weighted by atomic mass is 10.1. The monoisotopic (exact) mass is 356 g/mol. The zero-order chi connectivity index (χ0) is 18.6. The van der Waals surface area contributed by atoms with E-state index in [1.807, 2.05) is 0 Å². The van der Waals surface area contributed by atoms with Crippen LogP contribution >= 0.6 is 0 Å². The smallest absolute Gasteiger partial charge is 0.263 e. The lowest BCUT2D eigenvalue weighted by Crippen LogP contribution is -2.40. The second-order valence-corrected chi connectivity index (χ2v) is 6.32. The van der Waals surface area contributed by atoms with Crippen LogP contribution in [0.3, 0.4) is 0 Å². The molecule has 4 rings (SSSR count). The first-order valence-corrected chi connectivity index (χ1v) is 7.98. The molecular formula is C18H14F2N4O2. The Hall–Kier alpha value is -3.16. The lowest BCUT2D eigenvalue weighted by Gasteiger charge is -2.21. The van der Waals surface area contributed by atoms with E-state index >= 15 is 0 Å². The van der Waals surface area contributed by atoms with Crippen molar-refractivity contribution in [3.8, 4) is 0 Å². The second kappa shape index (κ2) is 5.69. The quantitative estimate of drug-likeness (QED) is 0.777. The summed E-state index contributed by atoms with van der Waals surface area (Å²) in [6, 6.07) is 6.50. The third kappa shape index (κ3) is 2.29. The molecule has 1 saturated heterocycles. The first-order valence-electron chi connectivity index (χ1n) is 7.98. The molecule has 0 N–H and O–H groups in total. The Morgan fingerprint density at radius 3 is 2.08 bits per heavy atom. The Morgan fingerprint density at radius 2 is 1.46 bits per heavy atom. The minimum atomic E-state index is -1.03. The molecule has 0 aliphatic carbocycles. The Kier molecular flexibility index (Phi) is 3.57. The summed E-state index contributed by atoms with van der Waals surface area (Å²) in [5, 5.41) is 8.98. The number of anilines is 2. The van der Waals surface area contributed by atoms with E-state index in [9.17, 15) is 18.4 Å². The van der Waals surface area contributed by atoms with Crippen LogP contribution in [0.5, 0.6) is 0 Å². The van der Waals surface area contributed by atoms with Gasteiger partial charge in [0.15, 0.2) is 12.1 Å². The first-order chi connectivity index (χ1) is 12.4. The molecular weight excluding hydrogens is 342 g/mol. The molecule has 2 aromatic carbocycles. The van der Waals surface area contributed by atoms with Gasteiger partial charge in [0.2, 0.25) is 0 Å². The average molecular weight is 356 g/mol. The van der Waals surface area contributed by atoms with Crippen molar-refractivity contribution in [1.29, 1.82) is 0 Å². The Balaban J connectivity index is 1.71. The van der Waals surface area contributed by atoms with E-state index in [1.54, 1.807) is 26.0 Å². The van der Waals surface area contributed by atoms with Crippen LogP contribution in [0.25, 0.3) is 0 Å². The molecule has 2 aliphatic heterocycles. The van der Waals surface area contributed by atoms with Crippen LogP contribution in [-0.4, -0.2) is 23.9 Å². The predicted molar refractivity (Wildman–Crippen MR) is 89.7 cm³/mol. The summed E-state index contributed by atoms with van der Waals surface area (Å²) in [5.41, 5.74) is 1.32. The predicted octanol–water partition coefficient (Wildman–Crippen LogP) is 3.08. The maximum absolute atomic E-state index is 13.9. The van der Waals surface area contributed by atoms with E-state index in [4.69, 9.17) is 0 Å². The number of imide groups is 1. The van der Waals surface area contributed by atoms with Gasteiger partial charge in [-0.3, -0.25) is 9.59 Å². The number of benzene rings is 2. The van der Waals surface area contributed by atoms with Crippen LogP contribution in [0.2, 0.25) is 0 Å². The van der Waals surface area contributed by atoms with Gasteiger partial charge in [0.25, 0.3) is 11.8 Å². The number of rotatable bonds is 2. The van der Waals surface area contributed by atoms with Crippen molar-refractivity contribution in [2.75, 3.05) is 9.91 Å². The summed E-state index contributed by atoms with van der Waals surface area (Å²) in [4.78, 5) is 26.4. The molecule has 2 atom stereocenters. The fourth-order valence-corrected chi connectivity index (χ4v) is 3.07. The molecule has 0 aromatic heterocycles. The molecule has 0 spiro atoms. The normalized spacial score (nSPS) is 21.7. The fraction of sp³-hybridized carbons (Fsp3) is 0.222. The van der Waals surface area contributed by atoms with Crippen LogP contribution in [0, 0.1) is 25.5 Å². The number of nitrogens with zero attached hydrogens (tertiary/aromatic N) is 4. The van der Waals surface area contributed by atoms with Crippen molar-refractivity contribution < 1.29 is 18.4 Å². The highest BCUT2D eigenvalue weighted by Gasteiger charge is 2.55. The molecule has 0 saturated carbocycles. The lowest BCUT2D eigenvalue weighted by molar-refractivity contribution is -0.121. The van der Waals surface area contributed by atoms with Crippen molar-refractivity contribution in [1.82, 2.24) is 0 Å². The minimum absolute atomic E-state index is 0.141. The van der Waals surface area contributed by atoms with Gasteiger partial charge in [-0.05, 0) is 49.2 Å². The summed E-state index contributed by atoms with van der Waals surface area (Å²) in [5.74, 6) is -2.12. The summed E-state index contributed by atoms with van der Waals surface area (Å²) in [6.07, 6.45) is 0. The minimum Gasteiger partial charge on any atom is -0.271 e. The zero-order valence-corrected chi connectivity index (χ0v) is 14.0. The molecule has 2 amide bonds. The van der Waals surface area contributed by atoms with Gasteiger partial charge in [-0.1, -0.05) is 17.4 Å². The van der Waals surface area contributed by atoms with Gasteiger partial charge in [0.1, 0.15) is 11.6 Å². The molecule has 26 heavy (non-hydrogen) atoms. The van der Waals surface area contributed by atoms with E-state index in [0.29, 0.717) is 16.8 Å². The molecule has 2 aliphatic rings. The molecule has 0 unspecified atom stereocenters. The van der Waals surface area contributed by atoms with Gasteiger partial charge in [-0.2, -0.15) is 5.11 Å². The Morgan fingerprint density at radius 1 is 0.885 bits per heavy atom. The van der Waals surface area contributed by atoms with Gasteiger partial charge in [-0.15, -0.1) is 0 Å². The number of halogens is 2. The van der Waals surface area contributed by atoms with Gasteiger partial charge in [0, 0.05) is 0 Å². The molecule has 2 aromatic rings. The van der Waals surface area contributed by atoms with Gasteiger partial charge in [-0.25, -0.2) is 18.7 Å². The van der Waals surface area contributed by atoms with E-state index < -0.39 is 35.5 Å². The van der Waals surface area contributed by atoms with Crippen molar-refractivity contribution in [2.24, 2.45) is 10.3 Å². The van der Waals surface area contributed by atoms with E-state index in [1.165, 1.54) is 23.2 Å². The largest absolute Gasteiger partial charge is 0.271 e. The van der Waals surface area contributed by atoms with Crippen LogP contribution in [0.4, 0.5) is 20.2 Å². The van der Waals surface area contributed by atoms with E-state index in [-0.39, 0.29) is 5.69 Å². The summed E-state index contributed by atoms with van der Waals surface area (Å²) in [6.45, 7) is 3.20.